The third-order valence-corrected chi connectivity index (χ3v) is 1.61. The molecule has 2 nitrogen and oxygen atoms in total. The van der Waals surface area contributed by atoms with E-state index >= 15 is 0 Å². The summed E-state index contributed by atoms with van der Waals surface area (Å²) in [5, 5.41) is 0. The molecule has 0 saturated heterocycles. The number of nitrogens with zero attached hydrogens (tertiary/aromatic N) is 1. The lowest BCUT2D eigenvalue weighted by Gasteiger charge is -2.11. The Labute approximate surface area is 85.6 Å². The molecule has 0 fully saturated rings. The van der Waals surface area contributed by atoms with Crippen molar-refractivity contribution in [3.8, 4) is 5.75 Å². The molecule has 0 aliphatic carbocycles. The maximum atomic E-state index is 5.47. The molecule has 1 heterocycles. The lowest BCUT2D eigenvalue weighted by atomic mass is 9.96. The monoisotopic (exact) mass is 191 g/mol. The predicted octanol–water partition coefficient (Wildman–Crippen LogP) is 3.06. The summed E-state index contributed by atoms with van der Waals surface area (Å²) < 4.78 is 5.47. The minimum absolute atomic E-state index is 0.224. The van der Waals surface area contributed by atoms with Crippen molar-refractivity contribution in [2.24, 2.45) is 5.41 Å². The Kier molecular flexibility index (Phi) is 3.69. The van der Waals surface area contributed by atoms with Crippen LogP contribution in [-0.4, -0.2) is 11.6 Å². The van der Waals surface area contributed by atoms with Crippen molar-refractivity contribution in [3.63, 3.8) is 0 Å². The molecule has 2 heteroatoms. The Morgan fingerprint density at radius 2 is 1.93 bits per heavy atom. The number of allylic oxidation sites excluding steroid dienone is 1. The lowest BCUT2D eigenvalue weighted by molar-refractivity contribution is 0.360. The van der Waals surface area contributed by atoms with Crippen LogP contribution in [0, 0.1) is 5.41 Å². The summed E-state index contributed by atoms with van der Waals surface area (Å²) in [5.74, 6) is 0.860. The van der Waals surface area contributed by atoms with Crippen molar-refractivity contribution in [3.05, 3.63) is 36.7 Å². The summed E-state index contributed by atoms with van der Waals surface area (Å²) in [6.45, 7) is 7.10. The first-order chi connectivity index (χ1) is 6.58. The Bertz CT molecular complexity index is 285. The van der Waals surface area contributed by atoms with Gasteiger partial charge in [-0.05, 0) is 17.5 Å². The van der Waals surface area contributed by atoms with E-state index < -0.39 is 0 Å². The maximum Gasteiger partial charge on any atom is 0.122 e. The van der Waals surface area contributed by atoms with Gasteiger partial charge in [0, 0.05) is 12.4 Å². The summed E-state index contributed by atoms with van der Waals surface area (Å²) in [5.41, 5.74) is 0.224. The largest absolute Gasteiger partial charge is 0.489 e. The smallest absolute Gasteiger partial charge is 0.122 e. The number of ether oxygens (including phenoxy) is 1. The van der Waals surface area contributed by atoms with Gasteiger partial charge in [0.05, 0.1) is 0 Å². The Balaban J connectivity index is 2.33. The van der Waals surface area contributed by atoms with Gasteiger partial charge in [0.1, 0.15) is 12.4 Å². The Hall–Kier alpha value is -1.31. The van der Waals surface area contributed by atoms with Crippen molar-refractivity contribution < 1.29 is 4.74 Å². The van der Waals surface area contributed by atoms with Gasteiger partial charge in [-0.3, -0.25) is 4.98 Å². The summed E-state index contributed by atoms with van der Waals surface area (Å²) >= 11 is 0. The van der Waals surface area contributed by atoms with Crippen LogP contribution in [0.1, 0.15) is 20.8 Å². The normalized spacial score (nSPS) is 11.9. The van der Waals surface area contributed by atoms with Gasteiger partial charge >= 0.3 is 0 Å². The molecule has 0 amide bonds. The van der Waals surface area contributed by atoms with Gasteiger partial charge in [-0.2, -0.15) is 0 Å². The zero-order valence-corrected chi connectivity index (χ0v) is 9.03. The van der Waals surface area contributed by atoms with Crippen LogP contribution in [0.25, 0.3) is 0 Å². The van der Waals surface area contributed by atoms with E-state index in [1.807, 2.05) is 18.2 Å². The molecule has 0 radical (unpaired) electrons. The zero-order valence-electron chi connectivity index (χ0n) is 9.03. The van der Waals surface area contributed by atoms with Crippen molar-refractivity contribution in [1.82, 2.24) is 4.98 Å². The van der Waals surface area contributed by atoms with Crippen LogP contribution in [0.4, 0.5) is 0 Å². The van der Waals surface area contributed by atoms with Gasteiger partial charge < -0.3 is 4.74 Å². The van der Waals surface area contributed by atoms with Gasteiger partial charge in [0.25, 0.3) is 0 Å². The van der Waals surface area contributed by atoms with Crippen LogP contribution in [0.2, 0.25) is 0 Å². The predicted molar refractivity (Wildman–Crippen MR) is 58.3 cm³/mol. The fourth-order valence-corrected chi connectivity index (χ4v) is 0.980. The summed E-state index contributed by atoms with van der Waals surface area (Å²) in [4.78, 5) is 3.91. The van der Waals surface area contributed by atoms with Crippen LogP contribution < -0.4 is 4.74 Å². The van der Waals surface area contributed by atoms with Crippen molar-refractivity contribution >= 4 is 0 Å². The van der Waals surface area contributed by atoms with E-state index in [1.54, 1.807) is 12.4 Å². The minimum Gasteiger partial charge on any atom is -0.489 e. The molecule has 0 bridgehead atoms. The molecule has 0 aromatic carbocycles. The molecule has 0 saturated carbocycles. The highest BCUT2D eigenvalue weighted by Crippen LogP contribution is 2.14. The average Bonchev–Trinajstić information content (AvgIpc) is 2.13. The molecule has 0 N–H and O–H groups in total. The molecule has 0 aliphatic heterocycles. The van der Waals surface area contributed by atoms with Crippen LogP contribution in [0.15, 0.2) is 36.7 Å². The highest BCUT2D eigenvalue weighted by atomic mass is 16.5. The van der Waals surface area contributed by atoms with E-state index in [9.17, 15) is 0 Å². The van der Waals surface area contributed by atoms with Gasteiger partial charge in [-0.1, -0.05) is 32.9 Å². The van der Waals surface area contributed by atoms with E-state index in [2.05, 4.69) is 31.8 Å². The minimum atomic E-state index is 0.224. The van der Waals surface area contributed by atoms with Gasteiger partial charge in [0.15, 0.2) is 0 Å². The molecule has 1 aromatic heterocycles. The number of aromatic nitrogens is 1. The van der Waals surface area contributed by atoms with Gasteiger partial charge in [0.2, 0.25) is 0 Å². The summed E-state index contributed by atoms with van der Waals surface area (Å²) in [7, 11) is 0. The number of hydrogen-bond donors (Lipinski definition) is 0. The second kappa shape index (κ2) is 4.80. The third kappa shape index (κ3) is 4.65. The van der Waals surface area contributed by atoms with Crippen LogP contribution >= 0.6 is 0 Å². The molecule has 1 rings (SSSR count). The first-order valence-electron chi connectivity index (χ1n) is 4.78. The maximum absolute atomic E-state index is 5.47. The highest BCUT2D eigenvalue weighted by Gasteiger charge is 2.02. The molecule has 0 spiro atoms. The second-order valence-corrected chi connectivity index (χ2v) is 4.26. The van der Waals surface area contributed by atoms with Crippen molar-refractivity contribution in [1.29, 1.82) is 0 Å². The first-order valence-corrected chi connectivity index (χ1v) is 4.78. The molecular formula is C12H17NO. The standard InChI is InChI=1S/C12H17NO/c1-12(2,3)7-4-10-14-11-5-8-13-9-6-11/h4-9H,10H2,1-3H3/b7-4+. The summed E-state index contributed by atoms with van der Waals surface area (Å²) in [6, 6.07) is 3.70. The molecule has 14 heavy (non-hydrogen) atoms. The first kappa shape index (κ1) is 10.8. The Morgan fingerprint density at radius 3 is 2.50 bits per heavy atom. The third-order valence-electron chi connectivity index (χ3n) is 1.61. The average molecular weight is 191 g/mol. The topological polar surface area (TPSA) is 22.1 Å². The molecule has 0 unspecified atom stereocenters. The van der Waals surface area contributed by atoms with Crippen LogP contribution in [0.3, 0.4) is 0 Å². The molecule has 1 aromatic rings. The fourth-order valence-electron chi connectivity index (χ4n) is 0.980. The zero-order chi connectivity index (χ0) is 10.4. The van der Waals surface area contributed by atoms with Gasteiger partial charge in [-0.25, -0.2) is 0 Å². The van der Waals surface area contributed by atoms with Gasteiger partial charge in [-0.15, -0.1) is 0 Å². The van der Waals surface area contributed by atoms with Crippen LogP contribution in [-0.2, 0) is 0 Å². The molecule has 76 valence electrons. The van der Waals surface area contributed by atoms with Crippen LogP contribution in [0.5, 0.6) is 5.75 Å². The van der Waals surface area contributed by atoms with E-state index in [1.165, 1.54) is 0 Å². The fraction of sp³-hybridized carbons (Fsp3) is 0.417. The molecular weight excluding hydrogens is 174 g/mol. The highest BCUT2D eigenvalue weighted by molar-refractivity contribution is 5.17. The Morgan fingerprint density at radius 1 is 1.29 bits per heavy atom. The van der Waals surface area contributed by atoms with E-state index in [0.717, 1.165) is 5.75 Å². The SMILES string of the molecule is CC(C)(C)/C=C/COc1ccncc1. The molecule has 0 atom stereocenters. The van der Waals surface area contributed by atoms with Crippen molar-refractivity contribution in [2.45, 2.75) is 20.8 Å². The van der Waals surface area contributed by atoms with Crippen molar-refractivity contribution in [2.75, 3.05) is 6.61 Å². The van der Waals surface area contributed by atoms with E-state index in [-0.39, 0.29) is 5.41 Å². The number of pyridine rings is 1. The number of rotatable bonds is 3. The van der Waals surface area contributed by atoms with E-state index in [0.29, 0.717) is 6.61 Å². The summed E-state index contributed by atoms with van der Waals surface area (Å²) in [6.07, 6.45) is 7.64. The molecule has 0 aliphatic rings. The quantitative estimate of drug-likeness (QED) is 0.685. The number of hydrogen-bond acceptors (Lipinski definition) is 2. The van der Waals surface area contributed by atoms with E-state index in [4.69, 9.17) is 4.74 Å². The lowest BCUT2D eigenvalue weighted by Crippen LogP contribution is -2.01. The second-order valence-electron chi connectivity index (χ2n) is 4.26.